The van der Waals surface area contributed by atoms with Gasteiger partial charge in [0.05, 0.1) is 6.26 Å². The first-order chi connectivity index (χ1) is 6.27. The Morgan fingerprint density at radius 3 is 2.69 bits per heavy atom. The Bertz CT molecular complexity index is 310. The first kappa shape index (κ1) is 8.35. The van der Waals surface area contributed by atoms with Crippen molar-refractivity contribution in [2.24, 2.45) is 0 Å². The molecule has 0 saturated carbocycles. The summed E-state index contributed by atoms with van der Waals surface area (Å²) in [6.45, 7) is 3.67. The van der Waals surface area contributed by atoms with E-state index in [2.05, 4.69) is 0 Å². The lowest BCUT2D eigenvalue weighted by Gasteiger charge is -2.12. The molecular weight excluding hydrogens is 166 g/mol. The first-order valence-corrected chi connectivity index (χ1v) is 4.62. The largest absolute Gasteiger partial charge is 0.459 e. The van der Waals surface area contributed by atoms with Gasteiger partial charge in [-0.1, -0.05) is 0 Å². The third-order valence-electron chi connectivity index (χ3n) is 2.33. The van der Waals surface area contributed by atoms with E-state index < -0.39 is 0 Å². The van der Waals surface area contributed by atoms with Crippen molar-refractivity contribution in [3.8, 4) is 0 Å². The molecular formula is C10H13NO2. The van der Waals surface area contributed by atoms with Crippen LogP contribution >= 0.6 is 0 Å². The molecule has 1 aliphatic rings. The Morgan fingerprint density at radius 1 is 1.46 bits per heavy atom. The smallest absolute Gasteiger partial charge is 0.289 e. The summed E-state index contributed by atoms with van der Waals surface area (Å²) in [5.74, 6) is 0.505. The number of likely N-dealkylation sites (tertiary alicyclic amines) is 1. The van der Waals surface area contributed by atoms with Gasteiger partial charge >= 0.3 is 0 Å². The second-order valence-electron chi connectivity index (χ2n) is 3.49. The van der Waals surface area contributed by atoms with Crippen molar-refractivity contribution in [1.82, 2.24) is 4.90 Å². The van der Waals surface area contributed by atoms with Crippen LogP contribution in [0.4, 0.5) is 0 Å². The Labute approximate surface area is 77.3 Å². The summed E-state index contributed by atoms with van der Waals surface area (Å²) < 4.78 is 5.15. The van der Waals surface area contributed by atoms with Gasteiger partial charge in [0.15, 0.2) is 5.76 Å². The van der Waals surface area contributed by atoms with Crippen LogP contribution < -0.4 is 0 Å². The number of hydrogen-bond acceptors (Lipinski definition) is 2. The van der Waals surface area contributed by atoms with Gasteiger partial charge in [-0.2, -0.15) is 0 Å². The lowest BCUT2D eigenvalue weighted by molar-refractivity contribution is 0.0761. The summed E-state index contributed by atoms with van der Waals surface area (Å²) in [6, 6.07) is 1.79. The van der Waals surface area contributed by atoms with Crippen LogP contribution in [0.5, 0.6) is 0 Å². The van der Waals surface area contributed by atoms with Crippen molar-refractivity contribution in [1.29, 1.82) is 0 Å². The molecule has 1 aliphatic heterocycles. The van der Waals surface area contributed by atoms with E-state index in [1.54, 1.807) is 12.3 Å². The fourth-order valence-electron chi connectivity index (χ4n) is 1.62. The number of aryl methyl sites for hydroxylation is 1. The second kappa shape index (κ2) is 3.24. The number of carbonyl (C=O) groups is 1. The van der Waals surface area contributed by atoms with Crippen molar-refractivity contribution in [3.63, 3.8) is 0 Å². The molecule has 2 heterocycles. The SMILES string of the molecule is Cc1coc(C(=O)N2CCCC2)c1. The van der Waals surface area contributed by atoms with Crippen LogP contribution in [-0.4, -0.2) is 23.9 Å². The minimum absolute atomic E-state index is 0.0330. The summed E-state index contributed by atoms with van der Waals surface area (Å²) in [5, 5.41) is 0. The minimum Gasteiger partial charge on any atom is -0.459 e. The van der Waals surface area contributed by atoms with E-state index >= 15 is 0 Å². The Hall–Kier alpha value is -1.25. The van der Waals surface area contributed by atoms with Crippen molar-refractivity contribution >= 4 is 5.91 Å². The van der Waals surface area contributed by atoms with Crippen molar-refractivity contribution in [3.05, 3.63) is 23.7 Å². The molecule has 1 saturated heterocycles. The van der Waals surface area contributed by atoms with Crippen LogP contribution in [0.1, 0.15) is 29.0 Å². The maximum atomic E-state index is 11.7. The molecule has 0 bridgehead atoms. The quantitative estimate of drug-likeness (QED) is 0.659. The zero-order chi connectivity index (χ0) is 9.26. The average Bonchev–Trinajstić information content (AvgIpc) is 2.72. The molecule has 2 rings (SSSR count). The van der Waals surface area contributed by atoms with Gasteiger partial charge < -0.3 is 9.32 Å². The summed E-state index contributed by atoms with van der Waals surface area (Å²) >= 11 is 0. The second-order valence-corrected chi connectivity index (χ2v) is 3.49. The van der Waals surface area contributed by atoms with Gasteiger partial charge in [0.25, 0.3) is 5.91 Å². The van der Waals surface area contributed by atoms with Gasteiger partial charge in [-0.3, -0.25) is 4.79 Å². The molecule has 1 fully saturated rings. The van der Waals surface area contributed by atoms with Crippen LogP contribution in [0.15, 0.2) is 16.7 Å². The van der Waals surface area contributed by atoms with E-state index in [9.17, 15) is 4.79 Å². The van der Waals surface area contributed by atoms with Gasteiger partial charge in [0.2, 0.25) is 0 Å². The lowest BCUT2D eigenvalue weighted by Crippen LogP contribution is -2.27. The van der Waals surface area contributed by atoms with Crippen LogP contribution in [0.3, 0.4) is 0 Å². The van der Waals surface area contributed by atoms with Gasteiger partial charge in [-0.15, -0.1) is 0 Å². The molecule has 1 aromatic rings. The van der Waals surface area contributed by atoms with Crippen LogP contribution in [0.25, 0.3) is 0 Å². The minimum atomic E-state index is 0.0330. The number of carbonyl (C=O) groups excluding carboxylic acids is 1. The van der Waals surface area contributed by atoms with E-state index in [0.717, 1.165) is 31.5 Å². The molecule has 1 amide bonds. The number of rotatable bonds is 1. The highest BCUT2D eigenvalue weighted by molar-refractivity contribution is 5.91. The normalized spacial score (nSPS) is 16.5. The molecule has 0 N–H and O–H groups in total. The summed E-state index contributed by atoms with van der Waals surface area (Å²) in [6.07, 6.45) is 3.85. The highest BCUT2D eigenvalue weighted by Crippen LogP contribution is 2.14. The van der Waals surface area contributed by atoms with Crippen molar-refractivity contribution in [2.75, 3.05) is 13.1 Å². The van der Waals surface area contributed by atoms with E-state index in [0.29, 0.717) is 5.76 Å². The molecule has 3 heteroatoms. The van der Waals surface area contributed by atoms with Crippen LogP contribution in [-0.2, 0) is 0 Å². The fraction of sp³-hybridized carbons (Fsp3) is 0.500. The monoisotopic (exact) mass is 179 g/mol. The zero-order valence-electron chi connectivity index (χ0n) is 7.75. The van der Waals surface area contributed by atoms with E-state index in [4.69, 9.17) is 4.42 Å². The van der Waals surface area contributed by atoms with Crippen molar-refractivity contribution < 1.29 is 9.21 Å². The molecule has 1 aromatic heterocycles. The predicted molar refractivity (Wildman–Crippen MR) is 48.6 cm³/mol. The third-order valence-corrected chi connectivity index (χ3v) is 2.33. The first-order valence-electron chi connectivity index (χ1n) is 4.62. The van der Waals surface area contributed by atoms with Crippen molar-refractivity contribution in [2.45, 2.75) is 19.8 Å². The number of hydrogen-bond donors (Lipinski definition) is 0. The number of amides is 1. The zero-order valence-corrected chi connectivity index (χ0v) is 7.75. The predicted octanol–water partition coefficient (Wildman–Crippen LogP) is 1.82. The Kier molecular flexibility index (Phi) is 2.08. The van der Waals surface area contributed by atoms with Crippen LogP contribution in [0.2, 0.25) is 0 Å². The average molecular weight is 179 g/mol. The van der Waals surface area contributed by atoms with Crippen LogP contribution in [0, 0.1) is 6.92 Å². The molecule has 0 radical (unpaired) electrons. The summed E-state index contributed by atoms with van der Waals surface area (Å²) in [7, 11) is 0. The molecule has 13 heavy (non-hydrogen) atoms. The molecule has 0 atom stereocenters. The number of nitrogens with zero attached hydrogens (tertiary/aromatic N) is 1. The summed E-state index contributed by atoms with van der Waals surface area (Å²) in [4.78, 5) is 13.5. The Morgan fingerprint density at radius 2 is 2.15 bits per heavy atom. The maximum Gasteiger partial charge on any atom is 0.289 e. The molecule has 0 aliphatic carbocycles. The maximum absolute atomic E-state index is 11.7. The highest BCUT2D eigenvalue weighted by Gasteiger charge is 2.21. The molecule has 70 valence electrons. The number of furan rings is 1. The lowest BCUT2D eigenvalue weighted by atomic mass is 10.3. The van der Waals surface area contributed by atoms with Gasteiger partial charge in [-0.05, 0) is 31.4 Å². The third kappa shape index (κ3) is 1.59. The molecule has 0 unspecified atom stereocenters. The highest BCUT2D eigenvalue weighted by atomic mass is 16.3. The van der Waals surface area contributed by atoms with E-state index in [1.807, 2.05) is 11.8 Å². The molecule has 0 aromatic carbocycles. The van der Waals surface area contributed by atoms with Gasteiger partial charge in [0.1, 0.15) is 0 Å². The molecule has 3 nitrogen and oxygen atoms in total. The molecule has 0 spiro atoms. The van der Waals surface area contributed by atoms with E-state index in [1.165, 1.54) is 0 Å². The Balaban J connectivity index is 2.12. The van der Waals surface area contributed by atoms with Gasteiger partial charge in [-0.25, -0.2) is 0 Å². The van der Waals surface area contributed by atoms with Gasteiger partial charge in [0, 0.05) is 13.1 Å². The topological polar surface area (TPSA) is 33.5 Å². The standard InChI is InChI=1S/C10H13NO2/c1-8-6-9(13-7-8)10(12)11-4-2-3-5-11/h6-7H,2-5H2,1H3. The summed E-state index contributed by atoms with van der Waals surface area (Å²) in [5.41, 5.74) is 1.00. The fourth-order valence-corrected chi connectivity index (χ4v) is 1.62. The van der Waals surface area contributed by atoms with E-state index in [-0.39, 0.29) is 5.91 Å².